The topological polar surface area (TPSA) is 79.4 Å². The van der Waals surface area contributed by atoms with Crippen LogP contribution in [0, 0.1) is 21.4 Å². The molecule has 1 atom stereocenters. The number of hydrazine groups is 1. The molecule has 0 N–H and O–H groups in total. The second kappa shape index (κ2) is 3.16. The average molecular weight is 157 g/mol. The van der Waals surface area contributed by atoms with Crippen molar-refractivity contribution in [2.24, 2.45) is 0 Å². The molecule has 6 heteroatoms. The maximum Gasteiger partial charge on any atom is 0.198 e. The molecule has 0 aliphatic carbocycles. The van der Waals surface area contributed by atoms with Crippen molar-refractivity contribution in [2.75, 3.05) is 19.8 Å². The molecule has 0 aromatic carbocycles. The molecule has 1 unspecified atom stereocenters. The molecule has 0 bridgehead atoms. The van der Waals surface area contributed by atoms with Crippen LogP contribution in [0.5, 0.6) is 0 Å². The van der Waals surface area contributed by atoms with E-state index < -0.39 is 11.1 Å². The van der Waals surface area contributed by atoms with Gasteiger partial charge in [0.1, 0.15) is 6.54 Å². The highest BCUT2D eigenvalue weighted by Crippen LogP contribution is 2.04. The smallest absolute Gasteiger partial charge is 0.198 e. The Labute approximate surface area is 63.1 Å². The van der Waals surface area contributed by atoms with E-state index in [9.17, 15) is 10.1 Å². The summed E-state index contributed by atoms with van der Waals surface area (Å²) < 4.78 is 4.88. The molecule has 60 valence electrons. The fourth-order valence-corrected chi connectivity index (χ4v) is 0.894. The normalized spacial score (nSPS) is 24.3. The number of morpholine rings is 1. The van der Waals surface area contributed by atoms with Crippen LogP contribution >= 0.6 is 0 Å². The Hall–Kier alpha value is -1.35. The number of hydrogen-bond donors (Lipinski definition) is 0. The van der Waals surface area contributed by atoms with Gasteiger partial charge >= 0.3 is 0 Å². The summed E-state index contributed by atoms with van der Waals surface area (Å²) in [6.07, 6.45) is 0. The Bertz CT molecular complexity index is 200. The van der Waals surface area contributed by atoms with Gasteiger partial charge in [0.25, 0.3) is 0 Å². The van der Waals surface area contributed by atoms with E-state index in [0.717, 1.165) is 5.01 Å². The summed E-state index contributed by atoms with van der Waals surface area (Å²) in [5.74, 6) is 0. The van der Waals surface area contributed by atoms with E-state index >= 15 is 0 Å². The Balaban J connectivity index is 2.60. The van der Waals surface area contributed by atoms with Gasteiger partial charge < -0.3 is 4.74 Å². The summed E-state index contributed by atoms with van der Waals surface area (Å²) in [7, 11) is 0. The Kier molecular flexibility index (Phi) is 2.23. The summed E-state index contributed by atoms with van der Waals surface area (Å²) in [5, 5.41) is 19.0. The van der Waals surface area contributed by atoms with Crippen molar-refractivity contribution in [1.29, 1.82) is 5.26 Å². The van der Waals surface area contributed by atoms with Gasteiger partial charge in [-0.1, -0.05) is 0 Å². The number of ether oxygens (including phenoxy) is 1. The fraction of sp³-hybridized carbons (Fsp3) is 0.800. The van der Waals surface area contributed by atoms with E-state index in [-0.39, 0.29) is 13.2 Å². The molecule has 1 aliphatic heterocycles. The molecule has 0 spiro atoms. The summed E-state index contributed by atoms with van der Waals surface area (Å²) in [4.78, 5) is 10.2. The highest BCUT2D eigenvalue weighted by atomic mass is 16.7. The maximum atomic E-state index is 10.2. The molecule has 0 radical (unpaired) electrons. The number of nitro groups is 1. The number of nitrogens with zero attached hydrogens (tertiary/aromatic N) is 3. The summed E-state index contributed by atoms with van der Waals surface area (Å²) in [5.41, 5.74) is 0. The molecule has 0 saturated carbocycles. The van der Waals surface area contributed by atoms with Gasteiger partial charge in [0.2, 0.25) is 0 Å². The first-order chi connectivity index (χ1) is 5.25. The van der Waals surface area contributed by atoms with Gasteiger partial charge in [-0.25, -0.2) is 10.1 Å². The molecule has 11 heavy (non-hydrogen) atoms. The number of rotatable bonds is 1. The Morgan fingerprint density at radius 3 is 3.00 bits per heavy atom. The lowest BCUT2D eigenvalue weighted by atomic mass is 10.3. The third-order valence-electron chi connectivity index (χ3n) is 1.46. The third kappa shape index (κ3) is 1.56. The zero-order valence-electron chi connectivity index (χ0n) is 5.77. The Morgan fingerprint density at radius 1 is 1.82 bits per heavy atom. The zero-order valence-corrected chi connectivity index (χ0v) is 5.77. The maximum absolute atomic E-state index is 10.2. The molecular weight excluding hydrogens is 150 g/mol. The van der Waals surface area contributed by atoms with Crippen LogP contribution < -0.4 is 0 Å². The van der Waals surface area contributed by atoms with Gasteiger partial charge in [-0.05, 0) is 0 Å². The van der Waals surface area contributed by atoms with Crippen molar-refractivity contribution in [3.63, 3.8) is 0 Å². The molecule has 1 aliphatic rings. The third-order valence-corrected chi connectivity index (χ3v) is 1.46. The predicted molar refractivity (Wildman–Crippen MR) is 33.9 cm³/mol. The van der Waals surface area contributed by atoms with Crippen LogP contribution in [0.3, 0.4) is 0 Å². The van der Waals surface area contributed by atoms with Crippen LogP contribution in [0.2, 0.25) is 0 Å². The van der Waals surface area contributed by atoms with Crippen molar-refractivity contribution in [1.82, 2.24) is 5.01 Å². The van der Waals surface area contributed by atoms with Crippen molar-refractivity contribution < 1.29 is 9.77 Å². The monoisotopic (exact) mass is 157 g/mol. The molecular formula is C5H7N3O3. The van der Waals surface area contributed by atoms with Gasteiger partial charge in [0.05, 0.1) is 19.3 Å². The second-order valence-corrected chi connectivity index (χ2v) is 2.12. The summed E-state index contributed by atoms with van der Waals surface area (Å²) in [6.45, 7) is 0.627. The van der Waals surface area contributed by atoms with Gasteiger partial charge in [0, 0.05) is 0 Å². The van der Waals surface area contributed by atoms with Crippen LogP contribution in [-0.2, 0) is 4.74 Å². The Morgan fingerprint density at radius 2 is 2.55 bits per heavy atom. The molecule has 1 rings (SSSR count). The summed E-state index contributed by atoms with van der Waals surface area (Å²) in [6, 6.07) is 1.06. The summed E-state index contributed by atoms with van der Waals surface area (Å²) >= 11 is 0. The quantitative estimate of drug-likeness (QED) is 0.375. The first-order valence-corrected chi connectivity index (χ1v) is 3.14. The van der Waals surface area contributed by atoms with Gasteiger partial charge in [-0.3, -0.25) is 0 Å². The molecule has 6 nitrogen and oxygen atoms in total. The SMILES string of the molecule is N#CC1COCCN1[N+](=O)[O-]. The number of nitriles is 1. The lowest BCUT2D eigenvalue weighted by molar-refractivity contribution is -0.665. The minimum Gasteiger partial charge on any atom is -0.376 e. The molecule has 1 heterocycles. The van der Waals surface area contributed by atoms with E-state index in [1.165, 1.54) is 0 Å². The van der Waals surface area contributed by atoms with Crippen molar-refractivity contribution >= 4 is 0 Å². The van der Waals surface area contributed by atoms with Gasteiger partial charge in [-0.2, -0.15) is 5.26 Å². The zero-order chi connectivity index (χ0) is 8.27. The largest absolute Gasteiger partial charge is 0.376 e. The van der Waals surface area contributed by atoms with Crippen LogP contribution in [-0.4, -0.2) is 35.8 Å². The number of hydrogen-bond acceptors (Lipinski definition) is 4. The fourth-order valence-electron chi connectivity index (χ4n) is 0.894. The average Bonchev–Trinajstić information content (AvgIpc) is 2.04. The molecule has 0 aromatic heterocycles. The minimum atomic E-state index is -0.737. The highest BCUT2D eigenvalue weighted by molar-refractivity contribution is 4.90. The van der Waals surface area contributed by atoms with E-state index in [0.29, 0.717) is 6.61 Å². The predicted octanol–water partition coefficient (Wildman–Crippen LogP) is -0.598. The molecule has 0 aromatic rings. The lowest BCUT2D eigenvalue weighted by Crippen LogP contribution is -2.47. The van der Waals surface area contributed by atoms with E-state index in [1.54, 1.807) is 6.07 Å². The van der Waals surface area contributed by atoms with Crippen LogP contribution in [0.25, 0.3) is 0 Å². The van der Waals surface area contributed by atoms with Gasteiger partial charge in [-0.15, -0.1) is 5.01 Å². The molecule has 0 amide bonds. The molecule has 1 saturated heterocycles. The minimum absolute atomic E-state index is 0.123. The van der Waals surface area contributed by atoms with Crippen LogP contribution in [0.1, 0.15) is 0 Å². The first-order valence-electron chi connectivity index (χ1n) is 3.14. The van der Waals surface area contributed by atoms with Crippen molar-refractivity contribution in [3.05, 3.63) is 10.1 Å². The van der Waals surface area contributed by atoms with E-state index in [4.69, 9.17) is 10.00 Å². The highest BCUT2D eigenvalue weighted by Gasteiger charge is 2.29. The lowest BCUT2D eigenvalue weighted by Gasteiger charge is -2.23. The van der Waals surface area contributed by atoms with Crippen LogP contribution in [0.4, 0.5) is 0 Å². The van der Waals surface area contributed by atoms with E-state index in [1.807, 2.05) is 0 Å². The standard InChI is InChI=1S/C5H7N3O3/c6-3-5-4-11-2-1-7(5)8(9)10/h5H,1-2,4H2. The second-order valence-electron chi connectivity index (χ2n) is 2.12. The van der Waals surface area contributed by atoms with Gasteiger partial charge in [0.15, 0.2) is 11.1 Å². The van der Waals surface area contributed by atoms with Crippen molar-refractivity contribution in [3.8, 4) is 6.07 Å². The van der Waals surface area contributed by atoms with E-state index in [2.05, 4.69) is 0 Å². The molecule has 1 fully saturated rings. The first kappa shape index (κ1) is 7.75. The van der Waals surface area contributed by atoms with Crippen molar-refractivity contribution in [2.45, 2.75) is 6.04 Å². The van der Waals surface area contributed by atoms with Crippen LogP contribution in [0.15, 0.2) is 0 Å².